The van der Waals surface area contributed by atoms with Crippen LogP contribution in [0.5, 0.6) is 0 Å². The summed E-state index contributed by atoms with van der Waals surface area (Å²) in [6.07, 6.45) is 9.01. The lowest BCUT2D eigenvalue weighted by Gasteiger charge is -2.34. The summed E-state index contributed by atoms with van der Waals surface area (Å²) in [5.74, 6) is 1.34. The number of hydrogen-bond acceptors (Lipinski definition) is 18. The van der Waals surface area contributed by atoms with Gasteiger partial charge in [0.15, 0.2) is 11.2 Å². The molecule has 64 heavy (non-hydrogen) atoms. The van der Waals surface area contributed by atoms with Crippen LogP contribution in [0.4, 0.5) is 23.7 Å². The molecule has 0 aliphatic carbocycles. The Hall–Kier alpha value is -7.36. The molecule has 0 bridgehead atoms. The highest BCUT2D eigenvalue weighted by Gasteiger charge is 2.24. The summed E-state index contributed by atoms with van der Waals surface area (Å²) in [5, 5.41) is 8.41. The summed E-state index contributed by atoms with van der Waals surface area (Å²) in [5.41, 5.74) is 25.6. The van der Waals surface area contributed by atoms with Gasteiger partial charge >= 0.3 is 0 Å². The molecule has 0 spiro atoms. The highest BCUT2D eigenvalue weighted by molar-refractivity contribution is 5.99. The zero-order valence-corrected chi connectivity index (χ0v) is 35.1. The zero-order chi connectivity index (χ0) is 44.0. The summed E-state index contributed by atoms with van der Waals surface area (Å²) < 4.78 is 18.6. The molecule has 9 rings (SSSR count). The number of fused-ring (bicyclic) bond motifs is 3. The second kappa shape index (κ2) is 18.9. The molecule has 2 aliphatic rings. The maximum atomic E-state index is 13.1. The fraction of sp³-hybridized carbons (Fsp3) is 0.349. The van der Waals surface area contributed by atoms with E-state index in [0.29, 0.717) is 123 Å². The molecule has 7 N–H and O–H groups in total. The number of rotatable bonds is 16. The van der Waals surface area contributed by atoms with Crippen molar-refractivity contribution in [2.45, 2.75) is 32.5 Å². The largest absolute Gasteiger partial charge is 0.424 e. The van der Waals surface area contributed by atoms with Gasteiger partial charge in [0.05, 0.1) is 50.3 Å². The number of hydrogen-bond donors (Lipinski definition) is 4. The first-order chi connectivity index (χ1) is 31.3. The van der Waals surface area contributed by atoms with Gasteiger partial charge in [0, 0.05) is 88.3 Å². The highest BCUT2D eigenvalue weighted by atomic mass is 16.5. The number of carbonyl (C=O) groups is 2. The molecule has 2 aromatic carbocycles. The van der Waals surface area contributed by atoms with E-state index >= 15 is 0 Å². The lowest BCUT2D eigenvalue weighted by atomic mass is 9.97. The molecule has 2 amide bonds. The van der Waals surface area contributed by atoms with Crippen molar-refractivity contribution in [3.05, 3.63) is 95.3 Å². The average molecular weight is 869 g/mol. The quantitative estimate of drug-likeness (QED) is 0.101. The zero-order valence-electron chi connectivity index (χ0n) is 35.1. The van der Waals surface area contributed by atoms with E-state index in [1.165, 1.54) is 24.3 Å². The summed E-state index contributed by atoms with van der Waals surface area (Å²) >= 11 is 0. The summed E-state index contributed by atoms with van der Waals surface area (Å²) in [7, 11) is 0. The second-order valence-corrected chi connectivity index (χ2v) is 15.4. The number of nitrogens with one attached hydrogen (secondary N) is 1. The molecular weight excluding hydrogens is 821 g/mol. The average Bonchev–Trinajstić information content (AvgIpc) is 3.90. The standard InChI is InChI=1S/C43H48N16O5/c44-19-28-20-48-42(49-21-28)56-9-11-57(12-10-56)43-50-22-32(23-51-43)40(61)47-7-14-63-16-15-62-13-6-35(60)58-8-5-29-17-27(1-2-31(29)25-58)24-59-39-36(38(45)52-26-53-39)37(55-59)30-3-4-34-33(18-30)54-41(46)64-34/h1-4,17-18,20-23,26H,5-16,19,24-25,44H2,(H2,46,54)(H,47,61)(H2,45,52,53). The van der Waals surface area contributed by atoms with Crippen LogP contribution in [0.3, 0.4) is 0 Å². The fourth-order valence-corrected chi connectivity index (χ4v) is 7.83. The third kappa shape index (κ3) is 9.35. The Morgan fingerprint density at radius 3 is 2.27 bits per heavy atom. The van der Waals surface area contributed by atoms with Crippen molar-refractivity contribution in [1.82, 2.24) is 54.9 Å². The summed E-state index contributed by atoms with van der Waals surface area (Å²) in [4.78, 5) is 62.5. The normalized spacial score (nSPS) is 14.0. The molecule has 1 fully saturated rings. The first kappa shape index (κ1) is 42.0. The van der Waals surface area contributed by atoms with E-state index in [1.54, 1.807) is 18.5 Å². The van der Waals surface area contributed by atoms with Crippen molar-refractivity contribution in [2.24, 2.45) is 5.73 Å². The smallest absolute Gasteiger partial charge is 0.292 e. The fourth-order valence-electron chi connectivity index (χ4n) is 7.83. The third-order valence-corrected chi connectivity index (χ3v) is 11.2. The SMILES string of the molecule is NCc1cnc(N2CCN(c3ncc(C(=O)NCCOCCOCCC(=O)N4CCc5cc(Cn6nc(-c7ccc8oc(N)nc8c7)c7c(N)ncnc76)ccc5C4)cn3)CC2)nc1. The third-order valence-electron chi connectivity index (χ3n) is 11.2. The van der Waals surface area contributed by atoms with E-state index in [1.807, 2.05) is 21.7 Å². The summed E-state index contributed by atoms with van der Waals surface area (Å²) in [6.45, 7) is 6.46. The molecule has 21 nitrogen and oxygen atoms in total. The minimum atomic E-state index is -0.279. The molecule has 0 radical (unpaired) electrons. The van der Waals surface area contributed by atoms with Gasteiger partial charge in [-0.3, -0.25) is 9.59 Å². The van der Waals surface area contributed by atoms with Crippen molar-refractivity contribution >= 4 is 57.7 Å². The molecule has 0 unspecified atom stereocenters. The van der Waals surface area contributed by atoms with Crippen LogP contribution in [0, 0.1) is 0 Å². The number of aromatic nitrogens is 9. The topological polar surface area (TPSA) is 274 Å². The van der Waals surface area contributed by atoms with E-state index in [0.717, 1.165) is 41.8 Å². The first-order valence-electron chi connectivity index (χ1n) is 21.1. The number of nitrogen functional groups attached to an aromatic ring is 2. The lowest BCUT2D eigenvalue weighted by molar-refractivity contribution is -0.133. The predicted molar refractivity (Wildman–Crippen MR) is 237 cm³/mol. The number of anilines is 4. The molecular formula is C43H48N16O5. The molecule has 21 heteroatoms. The van der Waals surface area contributed by atoms with Gasteiger partial charge < -0.3 is 51.1 Å². The minimum absolute atomic E-state index is 0.0392. The van der Waals surface area contributed by atoms with Gasteiger partial charge in [-0.05, 0) is 41.3 Å². The van der Waals surface area contributed by atoms with Crippen LogP contribution in [0.15, 0.2) is 71.9 Å². The molecule has 2 aliphatic heterocycles. The molecule has 7 aromatic rings. The molecule has 7 heterocycles. The number of nitrogens with zero attached hydrogens (tertiary/aromatic N) is 12. The number of oxazole rings is 1. The van der Waals surface area contributed by atoms with E-state index in [2.05, 4.69) is 68.2 Å². The number of nitrogens with two attached hydrogens (primary N) is 3. The Balaban J connectivity index is 0.666. The van der Waals surface area contributed by atoms with E-state index in [-0.39, 0.29) is 24.2 Å². The second-order valence-electron chi connectivity index (χ2n) is 15.4. The van der Waals surface area contributed by atoms with Crippen molar-refractivity contribution in [2.75, 3.05) is 87.0 Å². The molecule has 330 valence electrons. The van der Waals surface area contributed by atoms with Gasteiger partial charge in [0.2, 0.25) is 17.8 Å². The van der Waals surface area contributed by atoms with Crippen LogP contribution in [-0.2, 0) is 40.3 Å². The van der Waals surface area contributed by atoms with Gasteiger partial charge in [-0.25, -0.2) is 34.6 Å². The Kier molecular flexibility index (Phi) is 12.4. The van der Waals surface area contributed by atoms with Crippen LogP contribution in [0.25, 0.3) is 33.4 Å². The van der Waals surface area contributed by atoms with Crippen molar-refractivity contribution in [3.63, 3.8) is 0 Å². The van der Waals surface area contributed by atoms with Crippen LogP contribution in [0.1, 0.15) is 39.0 Å². The molecule has 1 saturated heterocycles. The monoisotopic (exact) mass is 868 g/mol. The van der Waals surface area contributed by atoms with Gasteiger partial charge in [-0.15, -0.1) is 0 Å². The van der Waals surface area contributed by atoms with Gasteiger partial charge in [-0.2, -0.15) is 10.1 Å². The summed E-state index contributed by atoms with van der Waals surface area (Å²) in [6, 6.07) is 11.9. The molecule has 5 aromatic heterocycles. The highest BCUT2D eigenvalue weighted by Crippen LogP contribution is 2.33. The van der Waals surface area contributed by atoms with Crippen molar-refractivity contribution in [1.29, 1.82) is 0 Å². The number of piperazine rings is 1. The Morgan fingerprint density at radius 1 is 0.781 bits per heavy atom. The molecule has 0 saturated carbocycles. The van der Waals surface area contributed by atoms with Gasteiger partial charge in [0.1, 0.15) is 23.4 Å². The van der Waals surface area contributed by atoms with Gasteiger partial charge in [0.25, 0.3) is 11.9 Å². The number of ether oxygens (including phenoxy) is 2. The lowest BCUT2D eigenvalue weighted by Crippen LogP contribution is -2.47. The number of amides is 2. The minimum Gasteiger partial charge on any atom is -0.424 e. The van der Waals surface area contributed by atoms with E-state index < -0.39 is 0 Å². The van der Waals surface area contributed by atoms with Crippen LogP contribution in [0.2, 0.25) is 0 Å². The Morgan fingerprint density at radius 2 is 1.52 bits per heavy atom. The number of benzene rings is 2. The Bertz CT molecular complexity index is 2750. The predicted octanol–water partition coefficient (Wildman–Crippen LogP) is 1.95. The van der Waals surface area contributed by atoms with Gasteiger partial charge in [-0.1, -0.05) is 18.2 Å². The number of carbonyl (C=O) groups excluding carboxylic acids is 2. The van der Waals surface area contributed by atoms with Crippen molar-refractivity contribution in [3.8, 4) is 11.3 Å². The molecule has 0 atom stereocenters. The first-order valence-corrected chi connectivity index (χ1v) is 21.1. The maximum absolute atomic E-state index is 13.1. The van der Waals surface area contributed by atoms with E-state index in [4.69, 9.17) is 36.2 Å². The Labute approximate surface area is 367 Å². The van der Waals surface area contributed by atoms with E-state index in [9.17, 15) is 9.59 Å². The van der Waals surface area contributed by atoms with Crippen LogP contribution >= 0.6 is 0 Å². The van der Waals surface area contributed by atoms with Crippen LogP contribution < -0.4 is 32.3 Å². The van der Waals surface area contributed by atoms with Crippen LogP contribution in [-0.4, -0.2) is 127 Å². The van der Waals surface area contributed by atoms with Crippen molar-refractivity contribution < 1.29 is 23.5 Å². The maximum Gasteiger partial charge on any atom is 0.292 e.